The van der Waals surface area contributed by atoms with Crippen molar-refractivity contribution in [2.24, 2.45) is 0 Å². The fourth-order valence-corrected chi connectivity index (χ4v) is 2.41. The Balaban J connectivity index is 2.21. The number of aliphatic hydroxyl groups is 1. The van der Waals surface area contributed by atoms with Gasteiger partial charge in [-0.3, -0.25) is 0 Å². The van der Waals surface area contributed by atoms with Crippen molar-refractivity contribution in [3.05, 3.63) is 45.4 Å². The molecule has 1 aromatic heterocycles. The molecule has 1 N–H and O–H groups in total. The summed E-state index contributed by atoms with van der Waals surface area (Å²) >= 11 is 7.40. The van der Waals surface area contributed by atoms with Crippen LogP contribution in [-0.2, 0) is 6.42 Å². The Morgan fingerprint density at radius 1 is 1.53 bits per heavy atom. The van der Waals surface area contributed by atoms with E-state index < -0.39 is 6.10 Å². The fraction of sp³-hybridized carbons (Fsp3) is 0.250. The average Bonchev–Trinajstić information content (AvgIpc) is 2.81. The summed E-state index contributed by atoms with van der Waals surface area (Å²) in [4.78, 5) is 4.15. The van der Waals surface area contributed by atoms with Crippen LogP contribution in [-0.4, -0.2) is 17.2 Å². The number of halogens is 1. The van der Waals surface area contributed by atoms with Gasteiger partial charge in [0.1, 0.15) is 5.75 Å². The standard InChI is InChI=1S/C12H12ClNO2S/c1-16-11-6-8(13)2-3-9(11)10(15)7-12-14-4-5-17-12/h2-6,10,15H,7H2,1H3. The second kappa shape index (κ2) is 5.49. The number of nitrogens with zero attached hydrogens (tertiary/aromatic N) is 1. The Labute approximate surface area is 109 Å². The highest BCUT2D eigenvalue weighted by atomic mass is 35.5. The van der Waals surface area contributed by atoms with E-state index in [-0.39, 0.29) is 0 Å². The van der Waals surface area contributed by atoms with Gasteiger partial charge in [0.25, 0.3) is 0 Å². The van der Waals surface area contributed by atoms with Crippen molar-refractivity contribution in [2.75, 3.05) is 7.11 Å². The molecule has 0 saturated heterocycles. The van der Waals surface area contributed by atoms with Crippen molar-refractivity contribution in [3.63, 3.8) is 0 Å². The molecule has 2 rings (SSSR count). The van der Waals surface area contributed by atoms with Crippen molar-refractivity contribution in [3.8, 4) is 5.75 Å². The third kappa shape index (κ3) is 2.97. The Morgan fingerprint density at radius 2 is 2.35 bits per heavy atom. The van der Waals surface area contributed by atoms with E-state index >= 15 is 0 Å². The molecule has 0 radical (unpaired) electrons. The first-order valence-corrected chi connectivity index (χ1v) is 6.36. The zero-order valence-electron chi connectivity index (χ0n) is 9.26. The number of ether oxygens (including phenoxy) is 1. The van der Waals surface area contributed by atoms with Gasteiger partial charge in [-0.05, 0) is 12.1 Å². The molecule has 90 valence electrons. The molecule has 0 saturated carbocycles. The van der Waals surface area contributed by atoms with Gasteiger partial charge in [0.05, 0.1) is 18.2 Å². The number of rotatable bonds is 4. The van der Waals surface area contributed by atoms with Gasteiger partial charge in [-0.1, -0.05) is 17.7 Å². The lowest BCUT2D eigenvalue weighted by Crippen LogP contribution is -2.03. The lowest BCUT2D eigenvalue weighted by atomic mass is 10.1. The summed E-state index contributed by atoms with van der Waals surface area (Å²) in [5, 5.41) is 13.5. The minimum atomic E-state index is -0.631. The SMILES string of the molecule is COc1cc(Cl)ccc1C(O)Cc1nccs1. The molecule has 2 aromatic rings. The van der Waals surface area contributed by atoms with Gasteiger partial charge in [-0.15, -0.1) is 11.3 Å². The van der Waals surface area contributed by atoms with Crippen LogP contribution in [0.4, 0.5) is 0 Å². The number of thiazole rings is 1. The van der Waals surface area contributed by atoms with Crippen molar-refractivity contribution >= 4 is 22.9 Å². The zero-order valence-corrected chi connectivity index (χ0v) is 10.8. The third-order valence-electron chi connectivity index (χ3n) is 2.41. The molecular formula is C12H12ClNO2S. The lowest BCUT2D eigenvalue weighted by Gasteiger charge is -2.13. The summed E-state index contributed by atoms with van der Waals surface area (Å²) in [6.45, 7) is 0. The molecule has 0 bridgehead atoms. The second-order valence-corrected chi connectivity index (χ2v) is 4.95. The third-order valence-corrected chi connectivity index (χ3v) is 3.44. The van der Waals surface area contributed by atoms with E-state index in [1.54, 1.807) is 31.5 Å². The van der Waals surface area contributed by atoms with Crippen LogP contribution in [0.2, 0.25) is 5.02 Å². The normalized spacial score (nSPS) is 12.4. The van der Waals surface area contributed by atoms with Crippen LogP contribution in [0.1, 0.15) is 16.7 Å². The number of hydrogen-bond acceptors (Lipinski definition) is 4. The molecule has 1 aromatic carbocycles. The van der Waals surface area contributed by atoms with Crippen molar-refractivity contribution in [1.82, 2.24) is 4.98 Å². The van der Waals surface area contributed by atoms with Gasteiger partial charge in [-0.25, -0.2) is 4.98 Å². The van der Waals surface area contributed by atoms with Crippen LogP contribution in [0.15, 0.2) is 29.8 Å². The van der Waals surface area contributed by atoms with Crippen molar-refractivity contribution in [2.45, 2.75) is 12.5 Å². The minimum Gasteiger partial charge on any atom is -0.496 e. The van der Waals surface area contributed by atoms with E-state index in [1.165, 1.54) is 11.3 Å². The Hall–Kier alpha value is -1.10. The van der Waals surface area contributed by atoms with Crippen molar-refractivity contribution < 1.29 is 9.84 Å². The summed E-state index contributed by atoms with van der Waals surface area (Å²) in [7, 11) is 1.56. The molecule has 0 aliphatic heterocycles. The zero-order chi connectivity index (χ0) is 12.3. The molecule has 1 atom stereocenters. The summed E-state index contributed by atoms with van der Waals surface area (Å²) in [6, 6.07) is 5.21. The van der Waals surface area contributed by atoms with Crippen LogP contribution in [0.25, 0.3) is 0 Å². The maximum Gasteiger partial charge on any atom is 0.126 e. The minimum absolute atomic E-state index is 0.482. The Bertz CT molecular complexity index is 487. The summed E-state index contributed by atoms with van der Waals surface area (Å²) < 4.78 is 5.21. The molecule has 5 heteroatoms. The van der Waals surface area contributed by atoms with E-state index in [0.717, 1.165) is 10.6 Å². The number of methoxy groups -OCH3 is 1. The highest BCUT2D eigenvalue weighted by molar-refractivity contribution is 7.09. The highest BCUT2D eigenvalue weighted by Gasteiger charge is 2.15. The molecule has 1 unspecified atom stereocenters. The van der Waals surface area contributed by atoms with E-state index in [2.05, 4.69) is 4.98 Å². The largest absolute Gasteiger partial charge is 0.496 e. The van der Waals surface area contributed by atoms with E-state index in [1.807, 2.05) is 5.38 Å². The van der Waals surface area contributed by atoms with E-state index in [9.17, 15) is 5.11 Å². The number of aromatic nitrogens is 1. The summed E-state index contributed by atoms with van der Waals surface area (Å²) in [5.74, 6) is 0.599. The van der Waals surface area contributed by atoms with Gasteiger partial charge >= 0.3 is 0 Å². The maximum absolute atomic E-state index is 10.1. The van der Waals surface area contributed by atoms with Gasteiger partial charge in [0, 0.05) is 28.6 Å². The first-order valence-electron chi connectivity index (χ1n) is 5.10. The Kier molecular flexibility index (Phi) is 3.99. The van der Waals surface area contributed by atoms with Crippen LogP contribution in [0.5, 0.6) is 5.75 Å². The predicted octanol–water partition coefficient (Wildman–Crippen LogP) is 3.08. The van der Waals surface area contributed by atoms with Crippen LogP contribution < -0.4 is 4.74 Å². The van der Waals surface area contributed by atoms with E-state index in [4.69, 9.17) is 16.3 Å². The molecule has 0 aliphatic rings. The molecule has 1 heterocycles. The van der Waals surface area contributed by atoms with Gasteiger partial charge in [0.2, 0.25) is 0 Å². The van der Waals surface area contributed by atoms with Gasteiger partial charge in [-0.2, -0.15) is 0 Å². The lowest BCUT2D eigenvalue weighted by molar-refractivity contribution is 0.174. The molecule has 0 aliphatic carbocycles. The molecule has 17 heavy (non-hydrogen) atoms. The van der Waals surface area contributed by atoms with Crippen LogP contribution in [0, 0.1) is 0 Å². The van der Waals surface area contributed by atoms with Gasteiger partial charge in [0.15, 0.2) is 0 Å². The molecule has 0 fully saturated rings. The molecular weight excluding hydrogens is 258 g/mol. The Morgan fingerprint density at radius 3 is 3.00 bits per heavy atom. The first kappa shape index (κ1) is 12.4. The van der Waals surface area contributed by atoms with Crippen LogP contribution in [0.3, 0.4) is 0 Å². The molecule has 0 amide bonds. The highest BCUT2D eigenvalue weighted by Crippen LogP contribution is 2.30. The number of hydrogen-bond donors (Lipinski definition) is 1. The monoisotopic (exact) mass is 269 g/mol. The summed E-state index contributed by atoms with van der Waals surface area (Å²) in [5.41, 5.74) is 0.729. The average molecular weight is 270 g/mol. The maximum atomic E-state index is 10.1. The van der Waals surface area contributed by atoms with Crippen molar-refractivity contribution in [1.29, 1.82) is 0 Å². The number of benzene rings is 1. The quantitative estimate of drug-likeness (QED) is 0.928. The fourth-order valence-electron chi connectivity index (χ4n) is 1.59. The van der Waals surface area contributed by atoms with Crippen LogP contribution >= 0.6 is 22.9 Å². The topological polar surface area (TPSA) is 42.4 Å². The first-order chi connectivity index (χ1) is 8.20. The predicted molar refractivity (Wildman–Crippen MR) is 68.8 cm³/mol. The number of aliphatic hydroxyl groups excluding tert-OH is 1. The smallest absolute Gasteiger partial charge is 0.126 e. The van der Waals surface area contributed by atoms with E-state index in [0.29, 0.717) is 17.2 Å². The second-order valence-electron chi connectivity index (χ2n) is 3.53. The molecule has 3 nitrogen and oxygen atoms in total. The molecule has 0 spiro atoms. The summed E-state index contributed by atoms with van der Waals surface area (Å²) in [6.07, 6.45) is 1.58. The van der Waals surface area contributed by atoms with Gasteiger partial charge < -0.3 is 9.84 Å².